The van der Waals surface area contributed by atoms with Crippen molar-refractivity contribution in [3.05, 3.63) is 16.1 Å². The maximum Gasteiger partial charge on any atom is 0.228 e. The number of amides is 1. The molecular formula is C13H20N2O2S. The summed E-state index contributed by atoms with van der Waals surface area (Å²) in [6.45, 7) is 7.49. The first-order valence-corrected chi connectivity index (χ1v) is 7.15. The summed E-state index contributed by atoms with van der Waals surface area (Å²) in [7, 11) is 0. The van der Waals surface area contributed by atoms with Gasteiger partial charge in [0.1, 0.15) is 0 Å². The molecule has 1 saturated heterocycles. The van der Waals surface area contributed by atoms with Crippen LogP contribution in [0.15, 0.2) is 5.38 Å². The molecule has 100 valence electrons. The number of aliphatic hydroxyl groups excluding tert-OH is 1. The van der Waals surface area contributed by atoms with Gasteiger partial charge in [-0.25, -0.2) is 4.98 Å². The molecule has 1 amide bonds. The number of aliphatic hydroxyl groups is 1. The van der Waals surface area contributed by atoms with Crippen LogP contribution in [0.4, 0.5) is 0 Å². The molecule has 18 heavy (non-hydrogen) atoms. The molecule has 2 rings (SSSR count). The molecule has 0 aromatic carbocycles. The molecule has 0 unspecified atom stereocenters. The molecule has 1 aromatic rings. The van der Waals surface area contributed by atoms with E-state index in [4.69, 9.17) is 0 Å². The van der Waals surface area contributed by atoms with E-state index < -0.39 is 0 Å². The second-order valence-corrected chi connectivity index (χ2v) is 6.71. The Morgan fingerprint density at radius 3 is 2.83 bits per heavy atom. The predicted octanol–water partition coefficient (Wildman–Crippen LogP) is 1.58. The number of carbonyl (C=O) groups excluding carboxylic acids is 1. The SMILES string of the molecule is CC(C)(C)c1nc(CC(=O)N2CC[C@@H](O)C2)cs1. The summed E-state index contributed by atoms with van der Waals surface area (Å²) in [4.78, 5) is 18.2. The van der Waals surface area contributed by atoms with Gasteiger partial charge in [0.15, 0.2) is 0 Å². The third-order valence-corrected chi connectivity index (χ3v) is 4.36. The number of rotatable bonds is 2. The molecule has 0 radical (unpaired) electrons. The molecule has 0 saturated carbocycles. The Balaban J connectivity index is 1.97. The minimum Gasteiger partial charge on any atom is -0.391 e. The van der Waals surface area contributed by atoms with E-state index in [-0.39, 0.29) is 17.4 Å². The fourth-order valence-electron chi connectivity index (χ4n) is 1.97. The maximum atomic E-state index is 12.0. The van der Waals surface area contributed by atoms with Crippen molar-refractivity contribution in [1.82, 2.24) is 9.88 Å². The first kappa shape index (κ1) is 13.5. The van der Waals surface area contributed by atoms with Gasteiger partial charge in [-0.05, 0) is 6.42 Å². The lowest BCUT2D eigenvalue weighted by molar-refractivity contribution is -0.129. The lowest BCUT2D eigenvalue weighted by Crippen LogP contribution is -2.31. The summed E-state index contributed by atoms with van der Waals surface area (Å²) in [5.41, 5.74) is 0.881. The van der Waals surface area contributed by atoms with E-state index in [0.29, 0.717) is 25.9 Å². The van der Waals surface area contributed by atoms with E-state index in [1.54, 1.807) is 16.2 Å². The van der Waals surface area contributed by atoms with E-state index in [1.165, 1.54) is 0 Å². The van der Waals surface area contributed by atoms with Crippen LogP contribution in [0.2, 0.25) is 0 Å². The molecule has 0 bridgehead atoms. The molecule has 0 aliphatic carbocycles. The Labute approximate surface area is 112 Å². The van der Waals surface area contributed by atoms with Crippen LogP contribution >= 0.6 is 11.3 Å². The molecule has 1 aliphatic rings. The predicted molar refractivity (Wildman–Crippen MR) is 71.7 cm³/mol. The van der Waals surface area contributed by atoms with Crippen LogP contribution in [-0.4, -0.2) is 40.1 Å². The quantitative estimate of drug-likeness (QED) is 0.886. The van der Waals surface area contributed by atoms with Crippen molar-refractivity contribution in [2.75, 3.05) is 13.1 Å². The molecule has 4 nitrogen and oxygen atoms in total. The average molecular weight is 268 g/mol. The van der Waals surface area contributed by atoms with Crippen molar-refractivity contribution >= 4 is 17.2 Å². The van der Waals surface area contributed by atoms with Crippen LogP contribution in [0.3, 0.4) is 0 Å². The summed E-state index contributed by atoms with van der Waals surface area (Å²) in [5.74, 6) is 0.0670. The Bertz CT molecular complexity index is 436. The molecular weight excluding hydrogens is 248 g/mol. The first-order chi connectivity index (χ1) is 8.36. The lowest BCUT2D eigenvalue weighted by Gasteiger charge is -2.15. The average Bonchev–Trinajstić information content (AvgIpc) is 2.85. The number of aromatic nitrogens is 1. The smallest absolute Gasteiger partial charge is 0.228 e. The molecule has 5 heteroatoms. The minimum atomic E-state index is -0.352. The first-order valence-electron chi connectivity index (χ1n) is 6.27. The molecule has 1 aromatic heterocycles. The number of nitrogens with zero attached hydrogens (tertiary/aromatic N) is 2. The summed E-state index contributed by atoms with van der Waals surface area (Å²) in [6.07, 6.45) is 0.685. The van der Waals surface area contributed by atoms with Gasteiger partial charge in [0.05, 0.1) is 23.2 Å². The van der Waals surface area contributed by atoms with Crippen LogP contribution in [0.5, 0.6) is 0 Å². The van der Waals surface area contributed by atoms with Gasteiger partial charge in [-0.3, -0.25) is 4.79 Å². The van der Waals surface area contributed by atoms with E-state index in [1.807, 2.05) is 5.38 Å². The zero-order chi connectivity index (χ0) is 13.3. The Morgan fingerprint density at radius 1 is 1.61 bits per heavy atom. The minimum absolute atomic E-state index is 0.0375. The third kappa shape index (κ3) is 3.09. The van der Waals surface area contributed by atoms with Crippen LogP contribution in [0.25, 0.3) is 0 Å². The number of hydrogen-bond acceptors (Lipinski definition) is 4. The van der Waals surface area contributed by atoms with Crippen molar-refractivity contribution in [2.24, 2.45) is 0 Å². The van der Waals surface area contributed by atoms with Crippen LogP contribution < -0.4 is 0 Å². The summed E-state index contributed by atoms with van der Waals surface area (Å²) >= 11 is 1.61. The van der Waals surface area contributed by atoms with Crippen molar-refractivity contribution < 1.29 is 9.90 Å². The van der Waals surface area contributed by atoms with Gasteiger partial charge >= 0.3 is 0 Å². The van der Waals surface area contributed by atoms with E-state index in [2.05, 4.69) is 25.8 Å². The highest BCUT2D eigenvalue weighted by Gasteiger charge is 2.25. The second-order valence-electron chi connectivity index (χ2n) is 5.85. The highest BCUT2D eigenvalue weighted by molar-refractivity contribution is 7.09. The normalized spacial score (nSPS) is 20.4. The van der Waals surface area contributed by atoms with Gasteiger partial charge in [0.25, 0.3) is 0 Å². The van der Waals surface area contributed by atoms with Gasteiger partial charge in [0.2, 0.25) is 5.91 Å². The number of β-amino-alcohol motifs (C(OH)–C–C–N with tert-alkyl or cyclic N) is 1. The van der Waals surface area contributed by atoms with E-state index in [0.717, 1.165) is 10.7 Å². The highest BCUT2D eigenvalue weighted by Crippen LogP contribution is 2.26. The summed E-state index contributed by atoms with van der Waals surface area (Å²) in [6, 6.07) is 0. The van der Waals surface area contributed by atoms with Crippen LogP contribution in [0.1, 0.15) is 37.9 Å². The second kappa shape index (κ2) is 4.97. The van der Waals surface area contributed by atoms with Gasteiger partial charge in [0, 0.05) is 23.9 Å². The molecule has 1 N–H and O–H groups in total. The van der Waals surface area contributed by atoms with Crippen LogP contribution in [-0.2, 0) is 16.6 Å². The highest BCUT2D eigenvalue weighted by atomic mass is 32.1. The molecule has 1 aliphatic heterocycles. The fraction of sp³-hybridized carbons (Fsp3) is 0.692. The van der Waals surface area contributed by atoms with Crippen molar-refractivity contribution in [1.29, 1.82) is 0 Å². The number of likely N-dealkylation sites (tertiary alicyclic amines) is 1. The van der Waals surface area contributed by atoms with Gasteiger partial charge in [-0.15, -0.1) is 11.3 Å². The lowest BCUT2D eigenvalue weighted by atomic mass is 9.98. The monoisotopic (exact) mass is 268 g/mol. The number of hydrogen-bond donors (Lipinski definition) is 1. The Kier molecular flexibility index (Phi) is 3.73. The van der Waals surface area contributed by atoms with Crippen LogP contribution in [0, 0.1) is 0 Å². The standard InChI is InChI=1S/C13H20N2O2S/c1-13(2,3)12-14-9(8-18-12)6-11(17)15-5-4-10(16)7-15/h8,10,16H,4-7H2,1-3H3/t10-/m1/s1. The summed E-state index contributed by atoms with van der Waals surface area (Å²) < 4.78 is 0. The topological polar surface area (TPSA) is 53.4 Å². The fourth-order valence-corrected chi connectivity index (χ4v) is 2.87. The van der Waals surface area contributed by atoms with Crippen molar-refractivity contribution in [2.45, 2.75) is 45.1 Å². The van der Waals surface area contributed by atoms with Gasteiger partial charge in [-0.2, -0.15) is 0 Å². The molecule has 1 atom stereocenters. The zero-order valence-electron chi connectivity index (χ0n) is 11.1. The zero-order valence-corrected chi connectivity index (χ0v) is 12.0. The van der Waals surface area contributed by atoms with Crippen molar-refractivity contribution in [3.63, 3.8) is 0 Å². The van der Waals surface area contributed by atoms with E-state index in [9.17, 15) is 9.90 Å². The maximum absolute atomic E-state index is 12.0. The van der Waals surface area contributed by atoms with E-state index >= 15 is 0 Å². The van der Waals surface area contributed by atoms with Crippen molar-refractivity contribution in [3.8, 4) is 0 Å². The Morgan fingerprint density at radius 2 is 2.33 bits per heavy atom. The number of thiazole rings is 1. The molecule has 2 heterocycles. The van der Waals surface area contributed by atoms with Gasteiger partial charge in [-0.1, -0.05) is 20.8 Å². The number of carbonyl (C=O) groups is 1. The Hall–Kier alpha value is -0.940. The molecule has 1 fully saturated rings. The summed E-state index contributed by atoms with van der Waals surface area (Å²) in [5, 5.41) is 12.4. The van der Waals surface area contributed by atoms with Gasteiger partial charge < -0.3 is 10.0 Å². The largest absolute Gasteiger partial charge is 0.391 e. The molecule has 0 spiro atoms. The third-order valence-electron chi connectivity index (χ3n) is 3.04.